The van der Waals surface area contributed by atoms with Crippen LogP contribution >= 0.6 is 0 Å². The highest BCUT2D eigenvalue weighted by molar-refractivity contribution is 5.13. The van der Waals surface area contributed by atoms with E-state index < -0.39 is 0 Å². The highest BCUT2D eigenvalue weighted by atomic mass is 16.5. The Morgan fingerprint density at radius 1 is 1.27 bits per heavy atom. The molecule has 0 radical (unpaired) electrons. The maximum Gasteiger partial charge on any atom is 0.0716 e. The van der Waals surface area contributed by atoms with Gasteiger partial charge in [-0.25, -0.2) is 0 Å². The number of aliphatic hydroxyl groups excluding tert-OH is 1. The minimum atomic E-state index is -0.162. The zero-order valence-electron chi connectivity index (χ0n) is 9.36. The average molecular weight is 208 g/mol. The second kappa shape index (κ2) is 7.43. The summed E-state index contributed by atoms with van der Waals surface area (Å²) in [7, 11) is 0. The smallest absolute Gasteiger partial charge is 0.0716 e. The zero-order valence-corrected chi connectivity index (χ0v) is 9.36. The third-order valence-corrected chi connectivity index (χ3v) is 2.41. The summed E-state index contributed by atoms with van der Waals surface area (Å²) in [4.78, 5) is 0. The van der Waals surface area contributed by atoms with Crippen LogP contribution in [0.2, 0.25) is 0 Å². The standard InChI is InChI=1S/C13H20O2/c1-2-13(14)9-6-10-15-11-12-7-4-3-5-8-12/h3-5,7-8,13-14H,2,6,9-11H2,1H3. The molecule has 0 aliphatic heterocycles. The molecular weight excluding hydrogens is 188 g/mol. The Labute approximate surface area is 91.9 Å². The molecule has 1 N–H and O–H groups in total. The summed E-state index contributed by atoms with van der Waals surface area (Å²) >= 11 is 0. The highest BCUT2D eigenvalue weighted by Gasteiger charge is 1.99. The lowest BCUT2D eigenvalue weighted by molar-refractivity contribution is 0.0961. The largest absolute Gasteiger partial charge is 0.393 e. The lowest BCUT2D eigenvalue weighted by Gasteiger charge is -2.07. The van der Waals surface area contributed by atoms with Gasteiger partial charge in [0.2, 0.25) is 0 Å². The third-order valence-electron chi connectivity index (χ3n) is 2.41. The fraction of sp³-hybridized carbons (Fsp3) is 0.538. The molecule has 1 aromatic carbocycles. The van der Waals surface area contributed by atoms with Gasteiger partial charge in [0.15, 0.2) is 0 Å². The molecule has 0 saturated heterocycles. The molecule has 0 aliphatic carbocycles. The van der Waals surface area contributed by atoms with E-state index in [-0.39, 0.29) is 6.10 Å². The molecule has 0 saturated carbocycles. The summed E-state index contributed by atoms with van der Waals surface area (Å²) < 4.78 is 5.50. The predicted molar refractivity (Wildman–Crippen MR) is 61.6 cm³/mol. The number of hydrogen-bond donors (Lipinski definition) is 1. The van der Waals surface area contributed by atoms with Crippen molar-refractivity contribution in [3.05, 3.63) is 35.9 Å². The number of hydrogen-bond acceptors (Lipinski definition) is 2. The van der Waals surface area contributed by atoms with Gasteiger partial charge in [-0.15, -0.1) is 0 Å². The first-order chi connectivity index (χ1) is 7.33. The minimum absolute atomic E-state index is 0.162. The average Bonchev–Trinajstić information content (AvgIpc) is 2.29. The molecule has 0 spiro atoms. The minimum Gasteiger partial charge on any atom is -0.393 e. The van der Waals surface area contributed by atoms with Gasteiger partial charge in [0, 0.05) is 6.61 Å². The van der Waals surface area contributed by atoms with Crippen molar-refractivity contribution in [3.63, 3.8) is 0 Å². The Morgan fingerprint density at radius 2 is 2.00 bits per heavy atom. The second-order valence-electron chi connectivity index (χ2n) is 3.74. The fourth-order valence-corrected chi connectivity index (χ4v) is 1.39. The van der Waals surface area contributed by atoms with Crippen molar-refractivity contribution < 1.29 is 9.84 Å². The van der Waals surface area contributed by atoms with E-state index in [0.29, 0.717) is 6.61 Å². The first-order valence-corrected chi connectivity index (χ1v) is 5.62. The van der Waals surface area contributed by atoms with Crippen molar-refractivity contribution in [3.8, 4) is 0 Å². The molecule has 0 bridgehead atoms. The van der Waals surface area contributed by atoms with Crippen LogP contribution in [-0.2, 0) is 11.3 Å². The Morgan fingerprint density at radius 3 is 2.67 bits per heavy atom. The van der Waals surface area contributed by atoms with E-state index in [4.69, 9.17) is 4.74 Å². The van der Waals surface area contributed by atoms with Crippen LogP contribution in [-0.4, -0.2) is 17.8 Å². The van der Waals surface area contributed by atoms with Gasteiger partial charge in [0.1, 0.15) is 0 Å². The Kier molecular flexibility index (Phi) is 6.05. The van der Waals surface area contributed by atoms with Gasteiger partial charge in [-0.05, 0) is 24.8 Å². The van der Waals surface area contributed by atoms with Crippen molar-refractivity contribution >= 4 is 0 Å². The highest BCUT2D eigenvalue weighted by Crippen LogP contribution is 2.04. The van der Waals surface area contributed by atoms with Crippen molar-refractivity contribution in [1.29, 1.82) is 0 Å². The lowest BCUT2D eigenvalue weighted by atomic mass is 10.1. The molecule has 0 heterocycles. The first kappa shape index (κ1) is 12.2. The molecule has 1 aromatic rings. The summed E-state index contributed by atoms with van der Waals surface area (Å²) in [5.74, 6) is 0. The molecular formula is C13H20O2. The summed E-state index contributed by atoms with van der Waals surface area (Å²) in [6.45, 7) is 3.39. The summed E-state index contributed by atoms with van der Waals surface area (Å²) in [6, 6.07) is 10.1. The van der Waals surface area contributed by atoms with Crippen LogP contribution in [0.1, 0.15) is 31.7 Å². The summed E-state index contributed by atoms with van der Waals surface area (Å²) in [5, 5.41) is 9.32. The Hall–Kier alpha value is -0.860. The van der Waals surface area contributed by atoms with Crippen molar-refractivity contribution in [2.45, 2.75) is 38.9 Å². The Balaban J connectivity index is 2.03. The molecule has 1 unspecified atom stereocenters. The molecule has 2 heteroatoms. The van der Waals surface area contributed by atoms with Crippen molar-refractivity contribution in [2.24, 2.45) is 0 Å². The number of aliphatic hydroxyl groups is 1. The molecule has 15 heavy (non-hydrogen) atoms. The molecule has 0 aliphatic rings. The monoisotopic (exact) mass is 208 g/mol. The first-order valence-electron chi connectivity index (χ1n) is 5.62. The zero-order chi connectivity index (χ0) is 10.9. The van der Waals surface area contributed by atoms with Gasteiger partial charge in [0.25, 0.3) is 0 Å². The van der Waals surface area contributed by atoms with Gasteiger partial charge in [-0.2, -0.15) is 0 Å². The predicted octanol–water partition coefficient (Wildman–Crippen LogP) is 2.75. The molecule has 0 amide bonds. The SMILES string of the molecule is CCC(O)CCCOCc1ccccc1. The van der Waals surface area contributed by atoms with E-state index in [2.05, 4.69) is 12.1 Å². The normalized spacial score (nSPS) is 12.7. The maximum absolute atomic E-state index is 9.32. The van der Waals surface area contributed by atoms with Crippen LogP contribution in [0.5, 0.6) is 0 Å². The molecule has 0 aromatic heterocycles. The van der Waals surface area contributed by atoms with Crippen molar-refractivity contribution in [2.75, 3.05) is 6.61 Å². The second-order valence-corrected chi connectivity index (χ2v) is 3.74. The third kappa shape index (κ3) is 5.55. The van der Waals surface area contributed by atoms with Crippen molar-refractivity contribution in [1.82, 2.24) is 0 Å². The van der Waals surface area contributed by atoms with Gasteiger partial charge < -0.3 is 9.84 Å². The topological polar surface area (TPSA) is 29.5 Å². The summed E-state index contributed by atoms with van der Waals surface area (Å²) in [6.07, 6.45) is 2.44. The Bertz CT molecular complexity index is 246. The number of rotatable bonds is 7. The van der Waals surface area contributed by atoms with Crippen LogP contribution in [0.15, 0.2) is 30.3 Å². The van der Waals surface area contributed by atoms with Crippen LogP contribution in [0, 0.1) is 0 Å². The van der Waals surface area contributed by atoms with Gasteiger partial charge in [-0.3, -0.25) is 0 Å². The molecule has 0 fully saturated rings. The van der Waals surface area contributed by atoms with Gasteiger partial charge in [-0.1, -0.05) is 37.3 Å². The van der Waals surface area contributed by atoms with Gasteiger partial charge >= 0.3 is 0 Å². The molecule has 84 valence electrons. The quantitative estimate of drug-likeness (QED) is 0.698. The molecule has 2 nitrogen and oxygen atoms in total. The number of ether oxygens (including phenoxy) is 1. The maximum atomic E-state index is 9.32. The van der Waals surface area contributed by atoms with Crippen LogP contribution in [0.4, 0.5) is 0 Å². The van der Waals surface area contributed by atoms with E-state index in [1.807, 2.05) is 25.1 Å². The molecule has 1 atom stereocenters. The lowest BCUT2D eigenvalue weighted by Crippen LogP contribution is -2.06. The van der Waals surface area contributed by atoms with E-state index >= 15 is 0 Å². The summed E-state index contributed by atoms with van der Waals surface area (Å²) in [5.41, 5.74) is 1.20. The van der Waals surface area contributed by atoms with E-state index in [9.17, 15) is 5.11 Å². The van der Waals surface area contributed by atoms with Crippen LogP contribution < -0.4 is 0 Å². The fourth-order valence-electron chi connectivity index (χ4n) is 1.39. The van der Waals surface area contributed by atoms with E-state index in [1.165, 1.54) is 5.56 Å². The number of benzene rings is 1. The van der Waals surface area contributed by atoms with Crippen LogP contribution in [0.3, 0.4) is 0 Å². The molecule has 1 rings (SSSR count). The van der Waals surface area contributed by atoms with Gasteiger partial charge in [0.05, 0.1) is 12.7 Å². The van der Waals surface area contributed by atoms with Crippen LogP contribution in [0.25, 0.3) is 0 Å². The van der Waals surface area contributed by atoms with E-state index in [0.717, 1.165) is 25.9 Å². The van der Waals surface area contributed by atoms with E-state index in [1.54, 1.807) is 0 Å².